The highest BCUT2D eigenvalue weighted by Gasteiger charge is 2.32. The molecular formula is C17H16F4N2O4S2. The highest BCUT2D eigenvalue weighted by molar-refractivity contribution is 7.89. The van der Waals surface area contributed by atoms with Crippen LogP contribution in [0.1, 0.15) is 6.42 Å². The Labute approximate surface area is 165 Å². The molecule has 0 spiro atoms. The Morgan fingerprint density at radius 1 is 0.552 bits per heavy atom. The molecule has 0 radical (unpaired) electrons. The normalized spacial score (nSPS) is 17.2. The molecule has 3 rings (SSSR count). The summed E-state index contributed by atoms with van der Waals surface area (Å²) in [6.07, 6.45) is 0.0774. The SMILES string of the molecule is O=S(=O)(c1cc(F)cc(F)c1)N1CCCN(S(=O)(=O)c2cc(F)cc(F)c2)CC1. The first-order valence-electron chi connectivity index (χ1n) is 8.43. The van der Waals surface area contributed by atoms with Gasteiger partial charge in [-0.05, 0) is 30.7 Å². The van der Waals surface area contributed by atoms with Gasteiger partial charge in [-0.1, -0.05) is 0 Å². The summed E-state index contributed by atoms with van der Waals surface area (Å²) in [6, 6.07) is 3.77. The van der Waals surface area contributed by atoms with Gasteiger partial charge < -0.3 is 0 Å². The average molecular weight is 452 g/mol. The van der Waals surface area contributed by atoms with E-state index in [0.29, 0.717) is 36.4 Å². The molecule has 29 heavy (non-hydrogen) atoms. The van der Waals surface area contributed by atoms with Crippen LogP contribution in [0, 0.1) is 23.3 Å². The third-order valence-corrected chi connectivity index (χ3v) is 8.11. The third-order valence-electron chi connectivity index (χ3n) is 4.36. The summed E-state index contributed by atoms with van der Waals surface area (Å²) in [5.74, 6) is -4.24. The highest BCUT2D eigenvalue weighted by Crippen LogP contribution is 2.23. The molecule has 12 heteroatoms. The maximum atomic E-state index is 13.4. The van der Waals surface area contributed by atoms with Gasteiger partial charge in [-0.3, -0.25) is 0 Å². The maximum Gasteiger partial charge on any atom is 0.243 e. The van der Waals surface area contributed by atoms with Gasteiger partial charge in [0, 0.05) is 38.3 Å². The highest BCUT2D eigenvalue weighted by atomic mass is 32.2. The van der Waals surface area contributed by atoms with E-state index in [4.69, 9.17) is 0 Å². The Hall–Kier alpha value is -2.02. The number of sulfonamides is 2. The van der Waals surface area contributed by atoms with Crippen LogP contribution >= 0.6 is 0 Å². The summed E-state index contributed by atoms with van der Waals surface area (Å²) in [5, 5.41) is 0. The van der Waals surface area contributed by atoms with Crippen molar-refractivity contribution in [3.05, 3.63) is 59.7 Å². The minimum Gasteiger partial charge on any atom is -0.207 e. The number of rotatable bonds is 4. The quantitative estimate of drug-likeness (QED) is 0.668. The molecule has 0 amide bonds. The van der Waals surface area contributed by atoms with E-state index < -0.39 is 53.1 Å². The zero-order valence-corrected chi connectivity index (χ0v) is 16.5. The smallest absolute Gasteiger partial charge is 0.207 e. The van der Waals surface area contributed by atoms with Crippen molar-refractivity contribution in [3.8, 4) is 0 Å². The lowest BCUT2D eigenvalue weighted by molar-refractivity contribution is 0.403. The third kappa shape index (κ3) is 4.60. The fourth-order valence-electron chi connectivity index (χ4n) is 3.00. The van der Waals surface area contributed by atoms with Crippen LogP contribution < -0.4 is 0 Å². The Morgan fingerprint density at radius 3 is 1.17 bits per heavy atom. The molecule has 0 atom stereocenters. The van der Waals surface area contributed by atoms with Gasteiger partial charge in [0.05, 0.1) is 9.79 Å². The molecule has 0 N–H and O–H groups in total. The van der Waals surface area contributed by atoms with Crippen LogP contribution in [0.25, 0.3) is 0 Å². The lowest BCUT2D eigenvalue weighted by Gasteiger charge is -2.22. The number of hydrogen-bond acceptors (Lipinski definition) is 4. The van der Waals surface area contributed by atoms with Crippen LogP contribution in [0.15, 0.2) is 46.2 Å². The van der Waals surface area contributed by atoms with Crippen molar-refractivity contribution in [3.63, 3.8) is 0 Å². The summed E-state index contributed by atoms with van der Waals surface area (Å²) >= 11 is 0. The number of nitrogens with zero attached hydrogens (tertiary/aromatic N) is 2. The molecule has 158 valence electrons. The molecule has 1 aliphatic rings. The first-order chi connectivity index (χ1) is 13.5. The first-order valence-corrected chi connectivity index (χ1v) is 11.3. The van der Waals surface area contributed by atoms with Crippen molar-refractivity contribution < 1.29 is 34.4 Å². The number of benzene rings is 2. The van der Waals surface area contributed by atoms with Crippen molar-refractivity contribution in [1.82, 2.24) is 8.61 Å². The minimum atomic E-state index is -4.27. The van der Waals surface area contributed by atoms with E-state index >= 15 is 0 Å². The summed E-state index contributed by atoms with van der Waals surface area (Å²) in [6.45, 7) is -0.775. The Bertz CT molecular complexity index is 1010. The average Bonchev–Trinajstić information content (AvgIpc) is 2.87. The maximum absolute atomic E-state index is 13.4. The van der Waals surface area contributed by atoms with E-state index in [1.54, 1.807) is 0 Å². The van der Waals surface area contributed by atoms with Gasteiger partial charge in [0.25, 0.3) is 0 Å². The minimum absolute atomic E-state index is 0.0774. The van der Waals surface area contributed by atoms with Gasteiger partial charge in [0.1, 0.15) is 23.3 Å². The lowest BCUT2D eigenvalue weighted by Crippen LogP contribution is -2.37. The van der Waals surface area contributed by atoms with Gasteiger partial charge in [-0.25, -0.2) is 34.4 Å². The second kappa shape index (κ2) is 8.01. The van der Waals surface area contributed by atoms with Gasteiger partial charge in [-0.15, -0.1) is 0 Å². The zero-order chi connectivity index (χ0) is 21.4. The Kier molecular flexibility index (Phi) is 5.99. The van der Waals surface area contributed by atoms with Crippen LogP contribution in [0.2, 0.25) is 0 Å². The molecule has 0 aliphatic carbocycles. The van der Waals surface area contributed by atoms with Gasteiger partial charge >= 0.3 is 0 Å². The number of hydrogen-bond donors (Lipinski definition) is 0. The summed E-state index contributed by atoms with van der Waals surface area (Å²) < 4.78 is 106. The molecule has 1 fully saturated rings. The van der Waals surface area contributed by atoms with Gasteiger partial charge in [0.15, 0.2) is 0 Å². The topological polar surface area (TPSA) is 74.8 Å². The number of halogens is 4. The van der Waals surface area contributed by atoms with Crippen LogP contribution in [0.4, 0.5) is 17.6 Å². The van der Waals surface area contributed by atoms with Crippen LogP contribution in [0.3, 0.4) is 0 Å². The molecule has 0 bridgehead atoms. The van der Waals surface area contributed by atoms with Crippen molar-refractivity contribution in [1.29, 1.82) is 0 Å². The van der Waals surface area contributed by atoms with E-state index in [9.17, 15) is 34.4 Å². The van der Waals surface area contributed by atoms with Crippen molar-refractivity contribution >= 4 is 20.0 Å². The summed E-state index contributed by atoms with van der Waals surface area (Å²) in [5.41, 5.74) is 0. The fraction of sp³-hybridized carbons (Fsp3) is 0.294. The standard InChI is InChI=1S/C17H16F4N2O4S2/c18-12-6-13(19)9-16(8-12)28(24,25)22-2-1-3-23(5-4-22)29(26,27)17-10-14(20)7-15(21)11-17/h6-11H,1-5H2. The second-order valence-corrected chi connectivity index (χ2v) is 10.2. The molecule has 2 aromatic rings. The molecule has 0 aromatic heterocycles. The second-order valence-electron chi connectivity index (χ2n) is 6.37. The first kappa shape index (κ1) is 21.7. The monoisotopic (exact) mass is 452 g/mol. The molecule has 2 aromatic carbocycles. The van der Waals surface area contributed by atoms with E-state index in [1.165, 1.54) is 0 Å². The molecule has 1 saturated heterocycles. The van der Waals surface area contributed by atoms with Crippen LogP contribution in [-0.2, 0) is 20.0 Å². The van der Waals surface area contributed by atoms with Crippen LogP contribution in [0.5, 0.6) is 0 Å². The van der Waals surface area contributed by atoms with Crippen molar-refractivity contribution in [2.45, 2.75) is 16.2 Å². The molecule has 1 aliphatic heterocycles. The molecule has 6 nitrogen and oxygen atoms in total. The van der Waals surface area contributed by atoms with E-state index in [-0.39, 0.29) is 32.6 Å². The molecular weight excluding hydrogens is 436 g/mol. The Balaban J connectivity index is 1.84. The fourth-order valence-corrected chi connectivity index (χ4v) is 6.03. The molecule has 0 unspecified atom stereocenters. The van der Waals surface area contributed by atoms with Crippen molar-refractivity contribution in [2.75, 3.05) is 26.2 Å². The summed E-state index contributed by atoms with van der Waals surface area (Å²) in [7, 11) is -8.53. The molecule has 1 heterocycles. The van der Waals surface area contributed by atoms with Gasteiger partial charge in [-0.2, -0.15) is 8.61 Å². The predicted octanol–water partition coefficient (Wildman–Crippen LogP) is 2.33. The van der Waals surface area contributed by atoms with E-state index in [1.807, 2.05) is 0 Å². The van der Waals surface area contributed by atoms with E-state index in [2.05, 4.69) is 0 Å². The predicted molar refractivity (Wildman–Crippen MR) is 94.9 cm³/mol. The van der Waals surface area contributed by atoms with Crippen LogP contribution in [-0.4, -0.2) is 51.6 Å². The molecule has 0 saturated carbocycles. The summed E-state index contributed by atoms with van der Waals surface area (Å²) in [4.78, 5) is -1.17. The zero-order valence-electron chi connectivity index (χ0n) is 14.9. The van der Waals surface area contributed by atoms with Gasteiger partial charge in [0.2, 0.25) is 20.0 Å². The lowest BCUT2D eigenvalue weighted by atomic mass is 10.3. The largest absolute Gasteiger partial charge is 0.243 e. The van der Waals surface area contributed by atoms with E-state index in [0.717, 1.165) is 8.61 Å². The van der Waals surface area contributed by atoms with Crippen molar-refractivity contribution in [2.24, 2.45) is 0 Å². The Morgan fingerprint density at radius 2 is 0.862 bits per heavy atom.